The summed E-state index contributed by atoms with van der Waals surface area (Å²) in [7, 11) is 3.58. The third kappa shape index (κ3) is 2.02. The Kier molecular flexibility index (Phi) is 3.08. The van der Waals surface area contributed by atoms with Crippen LogP contribution in [0, 0.1) is 12.4 Å². The van der Waals surface area contributed by atoms with Gasteiger partial charge in [0.05, 0.1) is 5.69 Å². The first-order valence-electron chi connectivity index (χ1n) is 4.39. The van der Waals surface area contributed by atoms with Crippen LogP contribution in [-0.4, -0.2) is 14.1 Å². The second kappa shape index (κ2) is 4.10. The Morgan fingerprint density at radius 1 is 1.43 bits per heavy atom. The van der Waals surface area contributed by atoms with Gasteiger partial charge in [-0.3, -0.25) is 0 Å². The minimum absolute atomic E-state index is 0.275. The monoisotopic (exact) mass is 192 g/mol. The first-order valence-corrected chi connectivity index (χ1v) is 4.39. The summed E-state index contributed by atoms with van der Waals surface area (Å²) < 4.78 is 13.5. The Morgan fingerprint density at radius 3 is 2.50 bits per heavy atom. The van der Waals surface area contributed by atoms with Gasteiger partial charge in [0.1, 0.15) is 5.82 Å². The molecule has 1 aromatic carbocycles. The van der Waals surface area contributed by atoms with Crippen LogP contribution in [0.3, 0.4) is 0 Å². The predicted molar refractivity (Wildman–Crippen MR) is 55.7 cm³/mol. The van der Waals surface area contributed by atoms with E-state index in [1.165, 1.54) is 6.07 Å². The highest BCUT2D eigenvalue weighted by Crippen LogP contribution is 2.23. The summed E-state index contributed by atoms with van der Waals surface area (Å²) >= 11 is 0. The van der Waals surface area contributed by atoms with E-state index in [0.717, 1.165) is 5.56 Å². The van der Waals surface area contributed by atoms with Crippen molar-refractivity contribution in [1.29, 1.82) is 0 Å². The molecular formula is C11H13FN2. The van der Waals surface area contributed by atoms with Gasteiger partial charge < -0.3 is 9.74 Å². The van der Waals surface area contributed by atoms with E-state index in [4.69, 9.17) is 6.57 Å². The summed E-state index contributed by atoms with van der Waals surface area (Å²) in [6, 6.07) is 4.65. The molecule has 0 saturated heterocycles. The molecule has 0 fully saturated rings. The highest BCUT2D eigenvalue weighted by atomic mass is 19.1. The lowest BCUT2D eigenvalue weighted by molar-refractivity contribution is 0.623. The van der Waals surface area contributed by atoms with Crippen LogP contribution in [0.5, 0.6) is 0 Å². The third-order valence-electron chi connectivity index (χ3n) is 2.13. The van der Waals surface area contributed by atoms with E-state index in [0.29, 0.717) is 5.69 Å². The van der Waals surface area contributed by atoms with Crippen molar-refractivity contribution < 1.29 is 4.39 Å². The van der Waals surface area contributed by atoms with Gasteiger partial charge in [-0.2, -0.15) is 0 Å². The Morgan fingerprint density at radius 2 is 2.07 bits per heavy atom. The summed E-state index contributed by atoms with van der Waals surface area (Å²) in [6.07, 6.45) is 0. The molecule has 1 atom stereocenters. The van der Waals surface area contributed by atoms with Crippen molar-refractivity contribution in [2.75, 3.05) is 19.0 Å². The molecule has 2 nitrogen and oxygen atoms in total. The van der Waals surface area contributed by atoms with E-state index in [1.54, 1.807) is 38.1 Å². The first-order chi connectivity index (χ1) is 6.56. The summed E-state index contributed by atoms with van der Waals surface area (Å²) in [6.45, 7) is 8.61. The molecule has 1 aromatic rings. The SMILES string of the molecule is [C-]#[N+]C(C)c1ccc(N(C)C)c(F)c1. The van der Waals surface area contributed by atoms with Crippen LogP contribution in [0.25, 0.3) is 4.85 Å². The zero-order valence-corrected chi connectivity index (χ0v) is 8.58. The molecule has 14 heavy (non-hydrogen) atoms. The van der Waals surface area contributed by atoms with Crippen LogP contribution < -0.4 is 4.90 Å². The van der Waals surface area contributed by atoms with Crippen LogP contribution in [-0.2, 0) is 0 Å². The van der Waals surface area contributed by atoms with Crippen molar-refractivity contribution in [1.82, 2.24) is 0 Å². The summed E-state index contributed by atoms with van der Waals surface area (Å²) in [4.78, 5) is 5.05. The van der Waals surface area contributed by atoms with E-state index in [2.05, 4.69) is 4.85 Å². The van der Waals surface area contributed by atoms with Crippen molar-refractivity contribution in [3.63, 3.8) is 0 Å². The minimum atomic E-state index is -0.277. The van der Waals surface area contributed by atoms with E-state index < -0.39 is 0 Å². The van der Waals surface area contributed by atoms with E-state index >= 15 is 0 Å². The highest BCUT2D eigenvalue weighted by Gasteiger charge is 2.12. The average molecular weight is 192 g/mol. The standard InChI is InChI=1S/C11H13FN2/c1-8(13-2)9-5-6-11(14(3)4)10(12)7-9/h5-8H,1,3-4H3. The fourth-order valence-corrected chi connectivity index (χ4v) is 1.22. The molecule has 74 valence electrons. The molecule has 0 aliphatic rings. The number of nitrogens with zero attached hydrogens (tertiary/aromatic N) is 2. The minimum Gasteiger partial charge on any atom is -0.375 e. The second-order valence-electron chi connectivity index (χ2n) is 3.41. The quantitative estimate of drug-likeness (QED) is 0.654. The molecule has 0 radical (unpaired) electrons. The van der Waals surface area contributed by atoms with E-state index in [9.17, 15) is 4.39 Å². The Hall–Kier alpha value is -1.56. The molecule has 1 unspecified atom stereocenters. The lowest BCUT2D eigenvalue weighted by atomic mass is 10.1. The maximum atomic E-state index is 13.5. The highest BCUT2D eigenvalue weighted by molar-refractivity contribution is 5.48. The number of rotatable bonds is 2. The van der Waals surface area contributed by atoms with Crippen molar-refractivity contribution in [3.05, 3.63) is 41.0 Å². The third-order valence-corrected chi connectivity index (χ3v) is 2.13. The van der Waals surface area contributed by atoms with Crippen molar-refractivity contribution in [2.24, 2.45) is 0 Å². The molecule has 0 aromatic heterocycles. The Labute approximate surface area is 83.8 Å². The average Bonchev–Trinajstić information content (AvgIpc) is 2.15. The van der Waals surface area contributed by atoms with E-state index in [1.807, 2.05) is 0 Å². The van der Waals surface area contributed by atoms with Crippen molar-refractivity contribution >= 4 is 5.69 Å². The normalized spacial score (nSPS) is 11.9. The van der Waals surface area contributed by atoms with Crippen LogP contribution >= 0.6 is 0 Å². The van der Waals surface area contributed by atoms with E-state index in [-0.39, 0.29) is 11.9 Å². The van der Waals surface area contributed by atoms with Crippen molar-refractivity contribution in [3.8, 4) is 0 Å². The molecular weight excluding hydrogens is 179 g/mol. The van der Waals surface area contributed by atoms with Gasteiger partial charge >= 0.3 is 0 Å². The number of hydrogen-bond acceptors (Lipinski definition) is 1. The lowest BCUT2D eigenvalue weighted by Gasteiger charge is -2.13. The number of halogens is 1. The maximum absolute atomic E-state index is 13.5. The lowest BCUT2D eigenvalue weighted by Crippen LogP contribution is -2.10. The molecule has 1 rings (SSSR count). The van der Waals surface area contributed by atoms with Gasteiger partial charge in [0.15, 0.2) is 0 Å². The first kappa shape index (κ1) is 10.5. The summed E-state index contributed by atoms with van der Waals surface area (Å²) in [5.41, 5.74) is 1.27. The topological polar surface area (TPSA) is 7.60 Å². The Balaban J connectivity index is 3.08. The van der Waals surface area contributed by atoms with Crippen LogP contribution in [0.4, 0.5) is 10.1 Å². The van der Waals surface area contributed by atoms with Gasteiger partial charge in [-0.15, -0.1) is 0 Å². The number of anilines is 1. The summed E-state index contributed by atoms with van der Waals surface area (Å²) in [5.74, 6) is -0.275. The zero-order valence-electron chi connectivity index (χ0n) is 8.58. The van der Waals surface area contributed by atoms with Crippen LogP contribution in [0.1, 0.15) is 18.5 Å². The van der Waals surface area contributed by atoms with Crippen LogP contribution in [0.2, 0.25) is 0 Å². The summed E-state index contributed by atoms with van der Waals surface area (Å²) in [5, 5.41) is 0. The fourth-order valence-electron chi connectivity index (χ4n) is 1.22. The molecule has 0 saturated carbocycles. The van der Waals surface area contributed by atoms with Gasteiger partial charge in [-0.1, -0.05) is 0 Å². The molecule has 0 bridgehead atoms. The smallest absolute Gasteiger partial charge is 0.246 e. The molecule has 0 aliphatic carbocycles. The molecule has 0 aliphatic heterocycles. The van der Waals surface area contributed by atoms with Crippen LogP contribution in [0.15, 0.2) is 18.2 Å². The molecule has 0 spiro atoms. The van der Waals surface area contributed by atoms with Gasteiger partial charge in [0, 0.05) is 26.6 Å². The zero-order chi connectivity index (χ0) is 10.7. The maximum Gasteiger partial charge on any atom is 0.246 e. The second-order valence-corrected chi connectivity index (χ2v) is 3.41. The Bertz CT molecular complexity index is 366. The number of benzene rings is 1. The van der Waals surface area contributed by atoms with Gasteiger partial charge in [-0.25, -0.2) is 11.0 Å². The number of hydrogen-bond donors (Lipinski definition) is 0. The van der Waals surface area contributed by atoms with Crippen molar-refractivity contribution in [2.45, 2.75) is 13.0 Å². The van der Waals surface area contributed by atoms with Gasteiger partial charge in [0.25, 0.3) is 0 Å². The predicted octanol–water partition coefficient (Wildman–Crippen LogP) is 2.87. The molecule has 0 amide bonds. The molecule has 0 N–H and O–H groups in total. The molecule has 3 heteroatoms. The largest absolute Gasteiger partial charge is 0.375 e. The molecule has 0 heterocycles. The fraction of sp³-hybridized carbons (Fsp3) is 0.364. The van der Waals surface area contributed by atoms with Gasteiger partial charge in [-0.05, 0) is 18.2 Å². The van der Waals surface area contributed by atoms with Gasteiger partial charge in [0.2, 0.25) is 6.04 Å².